The summed E-state index contributed by atoms with van der Waals surface area (Å²) in [7, 11) is 0. The average molecular weight is 310 g/mol. The van der Waals surface area contributed by atoms with Crippen molar-refractivity contribution in [3.8, 4) is 0 Å². The molecule has 4 atom stereocenters. The summed E-state index contributed by atoms with van der Waals surface area (Å²) in [6, 6.07) is 0. The fourth-order valence-corrected chi connectivity index (χ4v) is 2.69. The van der Waals surface area contributed by atoms with Crippen molar-refractivity contribution in [2.75, 3.05) is 26.4 Å². The topological polar surface area (TPSA) is 77.7 Å². The third-order valence-corrected chi connectivity index (χ3v) is 4.94. The predicted octanol–water partition coefficient (Wildman–Crippen LogP) is 1.23. The molecule has 2 aliphatic heterocycles. The maximum Gasteiger partial charge on any atom is 0.313 e. The normalized spacial score (nSPS) is 39.2. The van der Waals surface area contributed by atoms with E-state index in [1.165, 1.54) is 0 Å². The summed E-state index contributed by atoms with van der Waals surface area (Å²) >= 11 is 0. The maximum atomic E-state index is 12.6. The molecular formula is C16H22O6. The minimum absolute atomic E-state index is 0.0110. The zero-order chi connectivity index (χ0) is 15.8. The first-order valence-corrected chi connectivity index (χ1v) is 7.68. The van der Waals surface area contributed by atoms with E-state index in [0.29, 0.717) is 26.1 Å². The molecule has 0 radical (unpaired) electrons. The Balaban J connectivity index is 1.70. The molecular weight excluding hydrogens is 288 g/mol. The molecule has 0 saturated carbocycles. The molecule has 2 fully saturated rings. The van der Waals surface area contributed by atoms with Crippen LogP contribution < -0.4 is 0 Å². The van der Waals surface area contributed by atoms with Gasteiger partial charge in [0.15, 0.2) is 0 Å². The van der Waals surface area contributed by atoms with E-state index < -0.39 is 10.8 Å². The van der Waals surface area contributed by atoms with Crippen LogP contribution in [0, 0.1) is 10.8 Å². The van der Waals surface area contributed by atoms with Gasteiger partial charge < -0.3 is 18.9 Å². The van der Waals surface area contributed by atoms with E-state index in [1.807, 2.05) is 12.2 Å². The van der Waals surface area contributed by atoms with Crippen LogP contribution in [0.25, 0.3) is 0 Å². The third-order valence-electron chi connectivity index (χ3n) is 4.94. The third kappa shape index (κ3) is 2.90. The van der Waals surface area contributed by atoms with Crippen LogP contribution in [0.5, 0.6) is 0 Å². The Labute approximate surface area is 129 Å². The van der Waals surface area contributed by atoms with Gasteiger partial charge in [0.1, 0.15) is 25.4 Å². The van der Waals surface area contributed by atoms with E-state index in [1.54, 1.807) is 13.8 Å². The quantitative estimate of drug-likeness (QED) is 0.417. The Hall–Kier alpha value is -1.40. The number of ether oxygens (including phenoxy) is 4. The van der Waals surface area contributed by atoms with Gasteiger partial charge in [0.05, 0.1) is 24.0 Å². The second kappa shape index (κ2) is 5.66. The molecule has 0 bridgehead atoms. The van der Waals surface area contributed by atoms with Gasteiger partial charge in [-0.3, -0.25) is 9.59 Å². The molecule has 4 unspecified atom stereocenters. The SMILES string of the molecule is CC1(C(=O)OCC2CO2)CC=CCC1(C)C(=O)OCC1CO1. The Kier molecular flexibility index (Phi) is 3.99. The van der Waals surface area contributed by atoms with Gasteiger partial charge >= 0.3 is 11.9 Å². The minimum atomic E-state index is -0.932. The van der Waals surface area contributed by atoms with Gasteiger partial charge in [0, 0.05) is 0 Å². The summed E-state index contributed by atoms with van der Waals surface area (Å²) < 4.78 is 20.8. The molecule has 0 aromatic rings. The highest BCUT2D eigenvalue weighted by atomic mass is 16.6. The van der Waals surface area contributed by atoms with Crippen LogP contribution in [0.1, 0.15) is 26.7 Å². The van der Waals surface area contributed by atoms with Crippen molar-refractivity contribution < 1.29 is 28.5 Å². The van der Waals surface area contributed by atoms with Crippen LogP contribution >= 0.6 is 0 Å². The maximum absolute atomic E-state index is 12.6. The van der Waals surface area contributed by atoms with E-state index in [-0.39, 0.29) is 37.4 Å². The number of carbonyl (C=O) groups is 2. The van der Waals surface area contributed by atoms with Gasteiger partial charge in [0.25, 0.3) is 0 Å². The summed E-state index contributed by atoms with van der Waals surface area (Å²) in [5.74, 6) is -0.732. The minimum Gasteiger partial charge on any atom is -0.462 e. The standard InChI is InChI=1S/C16H22O6/c1-15(13(17)21-9-11-7-19-11)5-3-4-6-16(15,2)14(18)22-10-12-8-20-12/h3-4,11-12H,5-10H2,1-2H3. The zero-order valence-corrected chi connectivity index (χ0v) is 13.0. The van der Waals surface area contributed by atoms with Gasteiger partial charge in [-0.2, -0.15) is 0 Å². The van der Waals surface area contributed by atoms with E-state index in [4.69, 9.17) is 18.9 Å². The lowest BCUT2D eigenvalue weighted by Gasteiger charge is -2.43. The fourth-order valence-electron chi connectivity index (χ4n) is 2.69. The zero-order valence-electron chi connectivity index (χ0n) is 13.0. The molecule has 22 heavy (non-hydrogen) atoms. The molecule has 0 N–H and O–H groups in total. The van der Waals surface area contributed by atoms with Crippen molar-refractivity contribution in [1.82, 2.24) is 0 Å². The van der Waals surface area contributed by atoms with Gasteiger partial charge in [-0.15, -0.1) is 0 Å². The summed E-state index contributed by atoms with van der Waals surface area (Å²) in [6.07, 6.45) is 4.79. The number of esters is 2. The van der Waals surface area contributed by atoms with Crippen molar-refractivity contribution in [2.24, 2.45) is 10.8 Å². The molecule has 3 rings (SSSR count). The Bertz CT molecular complexity index is 449. The lowest BCUT2D eigenvalue weighted by molar-refractivity contribution is -0.179. The molecule has 3 aliphatic rings. The van der Waals surface area contributed by atoms with Crippen molar-refractivity contribution in [3.05, 3.63) is 12.2 Å². The number of hydrogen-bond acceptors (Lipinski definition) is 6. The Morgan fingerprint density at radius 1 is 0.955 bits per heavy atom. The smallest absolute Gasteiger partial charge is 0.313 e. The predicted molar refractivity (Wildman–Crippen MR) is 76.0 cm³/mol. The van der Waals surface area contributed by atoms with Crippen LogP contribution in [-0.4, -0.2) is 50.6 Å². The molecule has 6 nitrogen and oxygen atoms in total. The number of carbonyl (C=O) groups excluding carboxylic acids is 2. The summed E-state index contributed by atoms with van der Waals surface area (Å²) in [5.41, 5.74) is -1.86. The van der Waals surface area contributed by atoms with Crippen molar-refractivity contribution >= 4 is 11.9 Å². The second-order valence-electron chi connectivity index (χ2n) is 6.65. The van der Waals surface area contributed by atoms with Crippen LogP contribution in [0.3, 0.4) is 0 Å². The van der Waals surface area contributed by atoms with Crippen LogP contribution in [0.2, 0.25) is 0 Å². The monoisotopic (exact) mass is 310 g/mol. The molecule has 122 valence electrons. The Morgan fingerprint density at radius 2 is 1.32 bits per heavy atom. The average Bonchev–Trinajstić information content (AvgIpc) is 3.38. The fraction of sp³-hybridized carbons (Fsp3) is 0.750. The first kappa shape index (κ1) is 15.5. The molecule has 1 aliphatic carbocycles. The molecule has 6 heteroatoms. The molecule has 0 spiro atoms. The van der Waals surface area contributed by atoms with Gasteiger partial charge in [-0.25, -0.2) is 0 Å². The van der Waals surface area contributed by atoms with E-state index in [2.05, 4.69) is 0 Å². The van der Waals surface area contributed by atoms with Gasteiger partial charge in [-0.1, -0.05) is 12.2 Å². The van der Waals surface area contributed by atoms with Crippen LogP contribution in [-0.2, 0) is 28.5 Å². The van der Waals surface area contributed by atoms with Crippen LogP contribution in [0.4, 0.5) is 0 Å². The molecule has 2 saturated heterocycles. The molecule has 0 amide bonds. The van der Waals surface area contributed by atoms with Crippen molar-refractivity contribution in [3.63, 3.8) is 0 Å². The Morgan fingerprint density at radius 3 is 1.64 bits per heavy atom. The highest BCUT2D eigenvalue weighted by Crippen LogP contribution is 2.49. The largest absolute Gasteiger partial charge is 0.462 e. The van der Waals surface area contributed by atoms with Gasteiger partial charge in [-0.05, 0) is 26.7 Å². The summed E-state index contributed by atoms with van der Waals surface area (Å²) in [5, 5.41) is 0. The summed E-state index contributed by atoms with van der Waals surface area (Å²) in [4.78, 5) is 25.2. The van der Waals surface area contributed by atoms with Crippen molar-refractivity contribution in [1.29, 1.82) is 0 Å². The van der Waals surface area contributed by atoms with E-state index >= 15 is 0 Å². The molecule has 0 aromatic heterocycles. The second-order valence-corrected chi connectivity index (χ2v) is 6.65. The van der Waals surface area contributed by atoms with E-state index in [0.717, 1.165) is 0 Å². The number of rotatable bonds is 6. The molecule has 0 aromatic carbocycles. The van der Waals surface area contributed by atoms with Crippen molar-refractivity contribution in [2.45, 2.75) is 38.9 Å². The summed E-state index contributed by atoms with van der Waals surface area (Å²) in [6.45, 7) is 5.32. The first-order chi connectivity index (χ1) is 10.5. The highest BCUT2D eigenvalue weighted by molar-refractivity contribution is 5.88. The first-order valence-electron chi connectivity index (χ1n) is 7.68. The lowest BCUT2D eigenvalue weighted by Crippen LogP contribution is -2.51. The lowest BCUT2D eigenvalue weighted by atomic mass is 9.59. The number of allylic oxidation sites excluding steroid dienone is 2. The van der Waals surface area contributed by atoms with Crippen LogP contribution in [0.15, 0.2) is 12.2 Å². The van der Waals surface area contributed by atoms with Gasteiger partial charge in [0.2, 0.25) is 0 Å². The highest BCUT2D eigenvalue weighted by Gasteiger charge is 2.57. The van der Waals surface area contributed by atoms with E-state index in [9.17, 15) is 9.59 Å². The number of hydrogen-bond donors (Lipinski definition) is 0. The molecule has 2 heterocycles. The number of epoxide rings is 2.